The average Bonchev–Trinajstić information content (AvgIpc) is 3.35. The molecule has 37 heavy (non-hydrogen) atoms. The number of imidazole rings is 1. The number of hydrogen-bond donors (Lipinski definition) is 4. The van der Waals surface area contributed by atoms with Crippen LogP contribution in [0.15, 0.2) is 54.6 Å². The lowest BCUT2D eigenvalue weighted by atomic mass is 9.81. The molecular weight excluding hydrogens is 483 g/mol. The largest absolute Gasteiger partial charge is 0.433 e. The first-order valence-corrected chi connectivity index (χ1v) is 12.3. The van der Waals surface area contributed by atoms with Crippen LogP contribution < -0.4 is 16.8 Å². The maximum atomic E-state index is 14.0. The maximum absolute atomic E-state index is 14.0. The third-order valence-corrected chi connectivity index (χ3v) is 6.93. The van der Waals surface area contributed by atoms with Gasteiger partial charge in [-0.25, -0.2) is 4.98 Å². The topological polar surface area (TPSA) is 127 Å². The van der Waals surface area contributed by atoms with Gasteiger partial charge >= 0.3 is 6.18 Å². The van der Waals surface area contributed by atoms with E-state index in [1.54, 1.807) is 0 Å². The van der Waals surface area contributed by atoms with Crippen LogP contribution in [0.1, 0.15) is 59.2 Å². The fourth-order valence-electron chi connectivity index (χ4n) is 4.78. The summed E-state index contributed by atoms with van der Waals surface area (Å²) in [7, 11) is 0. The number of primary amides is 1. The van der Waals surface area contributed by atoms with Crippen LogP contribution in [0.25, 0.3) is 11.3 Å². The molecule has 6 N–H and O–H groups in total. The van der Waals surface area contributed by atoms with E-state index < -0.39 is 23.8 Å². The summed E-state index contributed by atoms with van der Waals surface area (Å²) in [5.41, 5.74) is 10.9. The Morgan fingerprint density at radius 1 is 1.03 bits per heavy atom. The molecule has 1 aliphatic rings. The predicted molar refractivity (Wildman–Crippen MR) is 133 cm³/mol. The average molecular weight is 514 g/mol. The minimum Gasteiger partial charge on any atom is -0.366 e. The zero-order valence-corrected chi connectivity index (χ0v) is 20.2. The first kappa shape index (κ1) is 26.4. The van der Waals surface area contributed by atoms with E-state index in [1.165, 1.54) is 24.3 Å². The van der Waals surface area contributed by atoms with Gasteiger partial charge in [0.05, 0.1) is 6.04 Å². The SMILES string of the molecule is NC[C@H]1CC[C@H](C(=O)NC(Cc2ccccc2)c2nc(-c3ccc(C(N)=O)cc3)c(C(F)(F)F)[nH]2)CC1. The van der Waals surface area contributed by atoms with Crippen molar-refractivity contribution in [1.29, 1.82) is 0 Å². The van der Waals surface area contributed by atoms with Crippen molar-refractivity contribution in [2.24, 2.45) is 23.3 Å². The monoisotopic (exact) mass is 513 g/mol. The van der Waals surface area contributed by atoms with E-state index in [1.807, 2.05) is 30.3 Å². The number of halogens is 3. The Morgan fingerprint density at radius 3 is 2.24 bits per heavy atom. The number of rotatable bonds is 8. The number of carbonyl (C=O) groups is 2. The second-order valence-corrected chi connectivity index (χ2v) is 9.49. The Balaban J connectivity index is 1.67. The van der Waals surface area contributed by atoms with Gasteiger partial charge in [0.25, 0.3) is 0 Å². The summed E-state index contributed by atoms with van der Waals surface area (Å²) in [6.07, 6.45) is -1.38. The third-order valence-electron chi connectivity index (χ3n) is 6.93. The fraction of sp³-hybridized carbons (Fsp3) is 0.370. The number of aromatic nitrogens is 2. The Bertz CT molecular complexity index is 1220. The highest BCUT2D eigenvalue weighted by Crippen LogP contribution is 2.37. The highest BCUT2D eigenvalue weighted by atomic mass is 19.4. The van der Waals surface area contributed by atoms with Crippen molar-refractivity contribution < 1.29 is 22.8 Å². The number of nitrogens with one attached hydrogen (secondary N) is 2. The minimum atomic E-state index is -4.72. The van der Waals surface area contributed by atoms with Gasteiger partial charge in [0.2, 0.25) is 11.8 Å². The zero-order valence-electron chi connectivity index (χ0n) is 20.2. The van der Waals surface area contributed by atoms with Gasteiger partial charge in [-0.15, -0.1) is 0 Å². The van der Waals surface area contributed by atoms with Crippen molar-refractivity contribution in [3.63, 3.8) is 0 Å². The van der Waals surface area contributed by atoms with E-state index in [9.17, 15) is 22.8 Å². The van der Waals surface area contributed by atoms with E-state index in [-0.39, 0.29) is 40.9 Å². The molecule has 1 aliphatic carbocycles. The lowest BCUT2D eigenvalue weighted by Crippen LogP contribution is -2.37. The van der Waals surface area contributed by atoms with Crippen LogP contribution >= 0.6 is 0 Å². The molecule has 0 saturated heterocycles. The summed E-state index contributed by atoms with van der Waals surface area (Å²) in [4.78, 5) is 31.3. The molecule has 4 rings (SSSR count). The molecule has 1 aromatic heterocycles. The molecule has 0 bridgehead atoms. The Labute approximate surface area is 212 Å². The highest BCUT2D eigenvalue weighted by Gasteiger charge is 2.38. The number of hydrogen-bond acceptors (Lipinski definition) is 4. The molecule has 10 heteroatoms. The minimum absolute atomic E-state index is 0.00847. The lowest BCUT2D eigenvalue weighted by Gasteiger charge is -2.28. The summed E-state index contributed by atoms with van der Waals surface area (Å²) >= 11 is 0. The summed E-state index contributed by atoms with van der Waals surface area (Å²) in [5, 5.41) is 2.96. The van der Waals surface area contributed by atoms with E-state index >= 15 is 0 Å². The molecule has 1 heterocycles. The highest BCUT2D eigenvalue weighted by molar-refractivity contribution is 5.93. The first-order valence-electron chi connectivity index (χ1n) is 12.3. The van der Waals surface area contributed by atoms with Crippen molar-refractivity contribution in [3.05, 3.63) is 77.2 Å². The Morgan fingerprint density at radius 2 is 1.68 bits per heavy atom. The van der Waals surface area contributed by atoms with Crippen molar-refractivity contribution >= 4 is 11.8 Å². The van der Waals surface area contributed by atoms with Crippen molar-refractivity contribution in [1.82, 2.24) is 15.3 Å². The lowest BCUT2D eigenvalue weighted by molar-refractivity contribution is -0.140. The standard InChI is InChI=1S/C27H30F3N5O2/c28-27(29,30)23-22(18-10-12-19(13-11-18)24(32)36)34-25(35-23)21(14-16-4-2-1-3-5-16)33-26(37)20-8-6-17(15-31)7-9-20/h1-5,10-13,17,20-21H,6-9,14-15,31H2,(H2,32,36)(H,33,37)(H,34,35)/t17-,20-,21?. The summed E-state index contributed by atoms with van der Waals surface area (Å²) in [5.74, 6) is -0.703. The normalized spacial score (nSPS) is 18.8. The van der Waals surface area contributed by atoms with Crippen molar-refractivity contribution in [2.75, 3.05) is 6.54 Å². The molecule has 2 aromatic carbocycles. The zero-order chi connectivity index (χ0) is 26.6. The molecule has 0 radical (unpaired) electrons. The van der Waals surface area contributed by atoms with Crippen molar-refractivity contribution in [3.8, 4) is 11.3 Å². The van der Waals surface area contributed by atoms with Crippen LogP contribution in [0, 0.1) is 11.8 Å². The van der Waals surface area contributed by atoms with Crippen LogP contribution in [0.3, 0.4) is 0 Å². The van der Waals surface area contributed by atoms with Gasteiger partial charge in [-0.2, -0.15) is 13.2 Å². The molecular formula is C27H30F3N5O2. The number of amides is 2. The molecule has 1 atom stereocenters. The van der Waals surface area contributed by atoms with E-state index in [0.29, 0.717) is 25.3 Å². The van der Waals surface area contributed by atoms with Gasteiger partial charge in [0.15, 0.2) is 0 Å². The molecule has 0 aliphatic heterocycles. The molecule has 196 valence electrons. The summed E-state index contributed by atoms with van der Waals surface area (Å²) in [6, 6.07) is 13.9. The molecule has 1 fully saturated rings. The maximum Gasteiger partial charge on any atom is 0.433 e. The molecule has 3 aromatic rings. The number of nitrogens with two attached hydrogens (primary N) is 2. The summed E-state index contributed by atoms with van der Waals surface area (Å²) < 4.78 is 42.1. The number of benzene rings is 2. The van der Waals surface area contributed by atoms with Crippen LogP contribution in [0.5, 0.6) is 0 Å². The predicted octanol–water partition coefficient (Wildman–Crippen LogP) is 4.36. The van der Waals surface area contributed by atoms with E-state index in [0.717, 1.165) is 18.4 Å². The molecule has 0 spiro atoms. The van der Waals surface area contributed by atoms with Gasteiger partial charge in [-0.3, -0.25) is 9.59 Å². The quantitative estimate of drug-likeness (QED) is 0.357. The second kappa shape index (κ2) is 11.2. The summed E-state index contributed by atoms with van der Waals surface area (Å²) in [6.45, 7) is 0.584. The van der Waals surface area contributed by atoms with Gasteiger partial charge in [0, 0.05) is 17.0 Å². The second-order valence-electron chi connectivity index (χ2n) is 9.49. The van der Waals surface area contributed by atoms with Crippen LogP contribution in [0.2, 0.25) is 0 Å². The smallest absolute Gasteiger partial charge is 0.366 e. The number of H-pyrrole nitrogens is 1. The van der Waals surface area contributed by atoms with Crippen LogP contribution in [-0.2, 0) is 17.4 Å². The Hall–Kier alpha value is -3.66. The van der Waals surface area contributed by atoms with Gasteiger partial charge < -0.3 is 21.8 Å². The third kappa shape index (κ3) is 6.37. The first-order chi connectivity index (χ1) is 17.7. The molecule has 1 unspecified atom stereocenters. The molecule has 2 amide bonds. The molecule has 7 nitrogen and oxygen atoms in total. The number of aromatic amines is 1. The Kier molecular flexibility index (Phi) is 7.97. The number of nitrogens with zero attached hydrogens (tertiary/aromatic N) is 1. The van der Waals surface area contributed by atoms with Crippen LogP contribution in [0.4, 0.5) is 13.2 Å². The van der Waals surface area contributed by atoms with Gasteiger partial charge in [-0.05, 0) is 62.3 Å². The fourth-order valence-corrected chi connectivity index (χ4v) is 4.78. The van der Waals surface area contributed by atoms with Crippen LogP contribution in [-0.4, -0.2) is 28.3 Å². The van der Waals surface area contributed by atoms with E-state index in [4.69, 9.17) is 11.5 Å². The van der Waals surface area contributed by atoms with E-state index in [2.05, 4.69) is 15.3 Å². The number of alkyl halides is 3. The van der Waals surface area contributed by atoms with Gasteiger partial charge in [0.1, 0.15) is 17.2 Å². The van der Waals surface area contributed by atoms with Crippen molar-refractivity contribution in [2.45, 2.75) is 44.3 Å². The van der Waals surface area contributed by atoms with Gasteiger partial charge in [-0.1, -0.05) is 42.5 Å². The number of carbonyl (C=O) groups excluding carboxylic acids is 2. The molecule has 1 saturated carbocycles.